The molecule has 2 unspecified atom stereocenters. The summed E-state index contributed by atoms with van der Waals surface area (Å²) in [6.45, 7) is 0.0901. The Balaban J connectivity index is 1.75. The third-order valence-corrected chi connectivity index (χ3v) is 5.94. The molecule has 2 saturated carbocycles. The van der Waals surface area contributed by atoms with Crippen LogP contribution in [0.15, 0.2) is 0 Å². The number of rotatable bonds is 2. The zero-order valence-corrected chi connectivity index (χ0v) is 12.9. The lowest BCUT2D eigenvalue weighted by molar-refractivity contribution is -0.160. The molecule has 3 rings (SSSR count). The van der Waals surface area contributed by atoms with E-state index in [2.05, 4.69) is 0 Å². The van der Waals surface area contributed by atoms with Gasteiger partial charge in [0.15, 0.2) is 0 Å². The summed E-state index contributed by atoms with van der Waals surface area (Å²) >= 11 is 0. The second kappa shape index (κ2) is 6.07. The molecule has 3 aliphatic rings. The minimum atomic E-state index is -0.0512. The van der Waals surface area contributed by atoms with Crippen molar-refractivity contribution < 1.29 is 14.7 Å². The van der Waals surface area contributed by atoms with Crippen LogP contribution in [-0.4, -0.2) is 34.5 Å². The topological polar surface area (TPSA) is 57.6 Å². The molecular weight excluding hydrogens is 266 g/mol. The molecule has 0 radical (unpaired) electrons. The fraction of sp³-hybridized carbons (Fsp3) is 0.882. The summed E-state index contributed by atoms with van der Waals surface area (Å²) < 4.78 is 0. The van der Waals surface area contributed by atoms with Crippen molar-refractivity contribution in [1.82, 2.24) is 4.90 Å². The number of nitrogens with zero attached hydrogens (tertiary/aromatic N) is 1. The Hall–Kier alpha value is -0.900. The molecule has 2 atom stereocenters. The maximum Gasteiger partial charge on any atom is 0.230 e. The highest BCUT2D eigenvalue weighted by atomic mass is 16.3. The van der Waals surface area contributed by atoms with Crippen LogP contribution in [0.4, 0.5) is 0 Å². The first-order chi connectivity index (χ1) is 10.2. The summed E-state index contributed by atoms with van der Waals surface area (Å²) in [4.78, 5) is 26.9. The van der Waals surface area contributed by atoms with Gasteiger partial charge in [-0.25, -0.2) is 0 Å². The van der Waals surface area contributed by atoms with E-state index in [4.69, 9.17) is 0 Å². The molecule has 2 amide bonds. The van der Waals surface area contributed by atoms with Crippen LogP contribution >= 0.6 is 0 Å². The largest absolute Gasteiger partial charge is 0.396 e. The van der Waals surface area contributed by atoms with Crippen LogP contribution in [0.3, 0.4) is 0 Å². The average molecular weight is 293 g/mol. The molecule has 1 heterocycles. The predicted molar refractivity (Wildman–Crippen MR) is 79.4 cm³/mol. The zero-order valence-electron chi connectivity index (χ0n) is 12.9. The number of carbonyl (C=O) groups is 2. The van der Waals surface area contributed by atoms with Crippen molar-refractivity contribution in [3.05, 3.63) is 0 Å². The summed E-state index contributed by atoms with van der Waals surface area (Å²) in [5.41, 5.74) is -0.0354. The fourth-order valence-corrected chi connectivity index (χ4v) is 4.78. The van der Waals surface area contributed by atoms with Crippen molar-refractivity contribution in [1.29, 1.82) is 0 Å². The molecule has 4 nitrogen and oxygen atoms in total. The Morgan fingerprint density at radius 1 is 0.952 bits per heavy atom. The molecule has 1 spiro atoms. The van der Waals surface area contributed by atoms with Crippen molar-refractivity contribution in [3.63, 3.8) is 0 Å². The van der Waals surface area contributed by atoms with E-state index in [1.165, 1.54) is 6.42 Å². The van der Waals surface area contributed by atoms with Crippen molar-refractivity contribution >= 4 is 11.8 Å². The SMILES string of the molecule is O=C1CC2(CCCCC2)CC(=O)N1C1CCCCC1CO. The van der Waals surface area contributed by atoms with Crippen LogP contribution in [0.25, 0.3) is 0 Å². The van der Waals surface area contributed by atoms with Crippen LogP contribution in [0.5, 0.6) is 0 Å². The Labute approximate surface area is 126 Å². The molecule has 118 valence electrons. The van der Waals surface area contributed by atoms with Crippen LogP contribution < -0.4 is 0 Å². The van der Waals surface area contributed by atoms with Gasteiger partial charge in [0.1, 0.15) is 0 Å². The number of aliphatic hydroxyl groups excluding tert-OH is 1. The van der Waals surface area contributed by atoms with Crippen LogP contribution in [0.2, 0.25) is 0 Å². The molecule has 1 N–H and O–H groups in total. The van der Waals surface area contributed by atoms with Gasteiger partial charge in [0.25, 0.3) is 0 Å². The first-order valence-corrected chi connectivity index (χ1v) is 8.61. The van der Waals surface area contributed by atoms with E-state index in [1.807, 2.05) is 0 Å². The lowest BCUT2D eigenvalue weighted by Gasteiger charge is -2.46. The predicted octanol–water partition coefficient (Wildman–Crippen LogP) is 2.64. The van der Waals surface area contributed by atoms with Gasteiger partial charge in [0.2, 0.25) is 11.8 Å². The monoisotopic (exact) mass is 293 g/mol. The lowest BCUT2D eigenvalue weighted by Crippen LogP contribution is -2.56. The number of amides is 2. The molecule has 1 aliphatic heterocycles. The van der Waals surface area contributed by atoms with Crippen molar-refractivity contribution in [2.45, 2.75) is 76.7 Å². The number of piperidine rings is 1. The molecule has 21 heavy (non-hydrogen) atoms. The van der Waals surface area contributed by atoms with E-state index in [9.17, 15) is 14.7 Å². The molecule has 0 aromatic rings. The Morgan fingerprint density at radius 2 is 1.57 bits per heavy atom. The van der Waals surface area contributed by atoms with Gasteiger partial charge in [-0.2, -0.15) is 0 Å². The van der Waals surface area contributed by atoms with E-state index in [0.717, 1.165) is 51.4 Å². The number of hydrogen-bond acceptors (Lipinski definition) is 3. The molecule has 2 aliphatic carbocycles. The van der Waals surface area contributed by atoms with Crippen molar-refractivity contribution in [3.8, 4) is 0 Å². The third kappa shape index (κ3) is 2.87. The van der Waals surface area contributed by atoms with Crippen LogP contribution in [-0.2, 0) is 9.59 Å². The zero-order chi connectivity index (χ0) is 14.9. The average Bonchev–Trinajstić information content (AvgIpc) is 2.47. The van der Waals surface area contributed by atoms with Gasteiger partial charge in [0.05, 0.1) is 0 Å². The molecular formula is C17H27NO3. The molecule has 4 heteroatoms. The number of aliphatic hydroxyl groups is 1. The van der Waals surface area contributed by atoms with E-state index in [1.54, 1.807) is 4.90 Å². The Bertz CT molecular complexity index is 394. The molecule has 0 bridgehead atoms. The van der Waals surface area contributed by atoms with Gasteiger partial charge in [-0.1, -0.05) is 32.1 Å². The first kappa shape index (κ1) is 15.0. The summed E-state index contributed by atoms with van der Waals surface area (Å²) in [5.74, 6) is 0.143. The van der Waals surface area contributed by atoms with E-state index >= 15 is 0 Å². The van der Waals surface area contributed by atoms with E-state index in [-0.39, 0.29) is 35.8 Å². The molecule has 1 saturated heterocycles. The highest BCUT2D eigenvalue weighted by molar-refractivity contribution is 5.99. The maximum absolute atomic E-state index is 12.7. The van der Waals surface area contributed by atoms with Gasteiger partial charge in [-0.3, -0.25) is 14.5 Å². The van der Waals surface area contributed by atoms with Gasteiger partial charge in [-0.05, 0) is 31.1 Å². The second-order valence-corrected chi connectivity index (χ2v) is 7.37. The van der Waals surface area contributed by atoms with Crippen molar-refractivity contribution in [2.75, 3.05) is 6.61 Å². The smallest absolute Gasteiger partial charge is 0.230 e. The number of hydrogen-bond donors (Lipinski definition) is 1. The van der Waals surface area contributed by atoms with Gasteiger partial charge in [0, 0.05) is 31.4 Å². The molecule has 0 aromatic carbocycles. The number of imide groups is 1. The Kier molecular flexibility index (Phi) is 4.34. The standard InChI is InChI=1S/C17H27NO3/c19-12-13-6-2-3-7-14(13)18-15(20)10-17(11-16(18)21)8-4-1-5-9-17/h13-14,19H,1-12H2. The van der Waals surface area contributed by atoms with Crippen LogP contribution in [0, 0.1) is 11.3 Å². The van der Waals surface area contributed by atoms with Gasteiger partial charge >= 0.3 is 0 Å². The van der Waals surface area contributed by atoms with Crippen molar-refractivity contribution in [2.24, 2.45) is 11.3 Å². The minimum Gasteiger partial charge on any atom is -0.396 e. The summed E-state index contributed by atoms with van der Waals surface area (Å²) in [7, 11) is 0. The first-order valence-electron chi connectivity index (χ1n) is 8.61. The Morgan fingerprint density at radius 3 is 2.19 bits per heavy atom. The van der Waals surface area contributed by atoms with E-state index < -0.39 is 0 Å². The summed E-state index contributed by atoms with van der Waals surface area (Å²) in [6, 6.07) is -0.0512. The van der Waals surface area contributed by atoms with Gasteiger partial charge < -0.3 is 5.11 Å². The van der Waals surface area contributed by atoms with Crippen LogP contribution in [0.1, 0.15) is 70.6 Å². The minimum absolute atomic E-state index is 0.0264. The quantitative estimate of drug-likeness (QED) is 0.796. The third-order valence-electron chi connectivity index (χ3n) is 5.94. The van der Waals surface area contributed by atoms with Gasteiger partial charge in [-0.15, -0.1) is 0 Å². The summed E-state index contributed by atoms with van der Waals surface area (Å²) in [6.07, 6.45) is 10.7. The van der Waals surface area contributed by atoms with E-state index in [0.29, 0.717) is 12.8 Å². The number of likely N-dealkylation sites (tertiary alicyclic amines) is 1. The maximum atomic E-state index is 12.7. The highest BCUT2D eigenvalue weighted by Gasteiger charge is 2.47. The summed E-state index contributed by atoms with van der Waals surface area (Å²) in [5, 5.41) is 9.56. The lowest BCUT2D eigenvalue weighted by atomic mass is 9.67. The molecule has 3 fully saturated rings. The fourth-order valence-electron chi connectivity index (χ4n) is 4.78. The highest BCUT2D eigenvalue weighted by Crippen LogP contribution is 2.46. The molecule has 0 aromatic heterocycles. The normalized spacial score (nSPS) is 33.5. The number of carbonyl (C=O) groups excluding carboxylic acids is 2. The second-order valence-electron chi connectivity index (χ2n) is 7.37.